The number of fused-ring (bicyclic) bond motifs is 5. The third kappa shape index (κ3) is 3.55. The Morgan fingerprint density at radius 3 is 1.48 bits per heavy atom. The molecule has 0 aromatic heterocycles. The third-order valence-corrected chi connectivity index (χ3v) is 7.47. The number of carbonyl (C=O) groups is 2. The van der Waals surface area contributed by atoms with E-state index in [2.05, 4.69) is 13.8 Å². The lowest BCUT2D eigenvalue weighted by Gasteiger charge is -2.48. The molecular weight excluding hydrogens is 392 g/mol. The lowest BCUT2D eigenvalue weighted by atomic mass is 9.60. The first-order valence-electron chi connectivity index (χ1n) is 11.2. The van der Waals surface area contributed by atoms with E-state index in [-0.39, 0.29) is 36.0 Å². The summed E-state index contributed by atoms with van der Waals surface area (Å²) in [6.07, 6.45) is 1.49. The van der Waals surface area contributed by atoms with Gasteiger partial charge < -0.3 is 14.2 Å². The van der Waals surface area contributed by atoms with E-state index in [0.29, 0.717) is 23.0 Å². The second-order valence-electron chi connectivity index (χ2n) is 9.14. The van der Waals surface area contributed by atoms with Crippen molar-refractivity contribution in [3.05, 3.63) is 71.8 Å². The quantitative estimate of drug-likeness (QED) is 0.681. The highest BCUT2D eigenvalue weighted by atomic mass is 16.6. The van der Waals surface area contributed by atoms with Gasteiger partial charge in [0.25, 0.3) is 0 Å². The summed E-state index contributed by atoms with van der Waals surface area (Å²) in [5, 5.41) is 0. The van der Waals surface area contributed by atoms with E-state index in [1.165, 1.54) is 0 Å². The van der Waals surface area contributed by atoms with Gasteiger partial charge in [0.05, 0.1) is 23.3 Å². The molecule has 1 aliphatic carbocycles. The fourth-order valence-electron chi connectivity index (χ4n) is 6.05. The summed E-state index contributed by atoms with van der Waals surface area (Å²) in [7, 11) is 0. The van der Waals surface area contributed by atoms with Crippen molar-refractivity contribution < 1.29 is 23.8 Å². The number of esters is 2. The van der Waals surface area contributed by atoms with Crippen LogP contribution in [0.5, 0.6) is 0 Å². The molecular formula is C26H28O5. The molecule has 2 heterocycles. The zero-order valence-corrected chi connectivity index (χ0v) is 17.8. The molecule has 5 heteroatoms. The molecule has 2 aliphatic heterocycles. The first-order chi connectivity index (χ1) is 15.0. The molecule has 162 valence electrons. The Labute approximate surface area is 182 Å². The van der Waals surface area contributed by atoms with Crippen molar-refractivity contribution in [2.24, 2.45) is 23.7 Å². The fraction of sp³-hybridized carbons (Fsp3) is 0.462. The summed E-state index contributed by atoms with van der Waals surface area (Å²) in [5.41, 5.74) is 1.00. The Morgan fingerprint density at radius 2 is 1.10 bits per heavy atom. The maximum absolute atomic E-state index is 12.9. The molecule has 8 unspecified atom stereocenters. The van der Waals surface area contributed by atoms with Crippen LogP contribution in [0.4, 0.5) is 0 Å². The van der Waals surface area contributed by atoms with Crippen molar-refractivity contribution in [2.45, 2.75) is 51.1 Å². The SMILES string of the molecule is CC1C(OC(=O)c2ccccc2)C(OC(=O)c2ccccc2)C(C)C2C3CCC(O3)C12. The lowest BCUT2D eigenvalue weighted by Crippen LogP contribution is -2.57. The van der Waals surface area contributed by atoms with E-state index < -0.39 is 12.2 Å². The molecule has 0 N–H and O–H groups in total. The van der Waals surface area contributed by atoms with Gasteiger partial charge in [0.15, 0.2) is 0 Å². The topological polar surface area (TPSA) is 61.8 Å². The minimum absolute atomic E-state index is 0.0396. The normalized spacial score (nSPS) is 35.9. The van der Waals surface area contributed by atoms with Crippen LogP contribution in [0.15, 0.2) is 60.7 Å². The van der Waals surface area contributed by atoms with Crippen LogP contribution < -0.4 is 0 Å². The van der Waals surface area contributed by atoms with Crippen LogP contribution in [0, 0.1) is 23.7 Å². The molecule has 2 aromatic carbocycles. The van der Waals surface area contributed by atoms with Gasteiger partial charge in [0, 0.05) is 11.8 Å². The zero-order valence-electron chi connectivity index (χ0n) is 17.8. The summed E-state index contributed by atoms with van der Waals surface area (Å²) in [5.74, 6) is -0.0562. The first-order valence-corrected chi connectivity index (χ1v) is 11.2. The van der Waals surface area contributed by atoms with Gasteiger partial charge in [-0.25, -0.2) is 9.59 Å². The van der Waals surface area contributed by atoms with E-state index >= 15 is 0 Å². The fourth-order valence-corrected chi connectivity index (χ4v) is 6.05. The largest absolute Gasteiger partial charge is 0.455 e. The Kier molecular flexibility index (Phi) is 5.30. The average Bonchev–Trinajstić information content (AvgIpc) is 3.43. The van der Waals surface area contributed by atoms with Gasteiger partial charge in [-0.3, -0.25) is 0 Å². The van der Waals surface area contributed by atoms with Gasteiger partial charge in [0.1, 0.15) is 12.2 Å². The molecule has 3 fully saturated rings. The molecule has 31 heavy (non-hydrogen) atoms. The molecule has 0 spiro atoms. The number of rotatable bonds is 4. The Morgan fingerprint density at radius 1 is 0.710 bits per heavy atom. The number of hydrogen-bond donors (Lipinski definition) is 0. The Hall–Kier alpha value is -2.66. The zero-order chi connectivity index (χ0) is 21.5. The van der Waals surface area contributed by atoms with Gasteiger partial charge in [-0.05, 0) is 48.9 Å². The second kappa shape index (κ2) is 8.12. The minimum atomic E-state index is -0.514. The highest BCUT2D eigenvalue weighted by Crippen LogP contribution is 2.55. The minimum Gasteiger partial charge on any atom is -0.455 e. The second-order valence-corrected chi connectivity index (χ2v) is 9.14. The predicted octanol–water partition coefficient (Wildman–Crippen LogP) is 4.52. The molecule has 2 aromatic rings. The standard InChI is InChI=1S/C26H28O5/c1-15-21-19-13-14-20(29-19)22(21)16(2)24(31-26(28)18-11-7-4-8-12-18)23(15)30-25(27)17-9-5-3-6-10-17/h3-12,15-16,19-24H,13-14H2,1-2H3. The smallest absolute Gasteiger partial charge is 0.338 e. The van der Waals surface area contributed by atoms with Crippen LogP contribution in [0.3, 0.4) is 0 Å². The number of ether oxygens (including phenoxy) is 3. The van der Waals surface area contributed by atoms with Gasteiger partial charge in [-0.15, -0.1) is 0 Å². The monoisotopic (exact) mass is 420 g/mol. The van der Waals surface area contributed by atoms with Gasteiger partial charge >= 0.3 is 11.9 Å². The average molecular weight is 421 g/mol. The van der Waals surface area contributed by atoms with Crippen LogP contribution in [0.2, 0.25) is 0 Å². The maximum atomic E-state index is 12.9. The molecule has 5 rings (SSSR count). The molecule has 0 radical (unpaired) electrons. The van der Waals surface area contributed by atoms with Crippen LogP contribution in [-0.2, 0) is 14.2 Å². The number of benzene rings is 2. The highest BCUT2D eigenvalue weighted by molar-refractivity contribution is 5.90. The molecule has 2 bridgehead atoms. The molecule has 1 saturated carbocycles. The van der Waals surface area contributed by atoms with Crippen molar-refractivity contribution in [2.75, 3.05) is 0 Å². The van der Waals surface area contributed by atoms with E-state index in [1.54, 1.807) is 24.3 Å². The molecule has 2 saturated heterocycles. The van der Waals surface area contributed by atoms with Crippen LogP contribution in [0.1, 0.15) is 47.4 Å². The molecule has 0 amide bonds. The van der Waals surface area contributed by atoms with E-state index in [0.717, 1.165) is 12.8 Å². The summed E-state index contributed by atoms with van der Waals surface area (Å²) in [4.78, 5) is 25.8. The van der Waals surface area contributed by atoms with Crippen LogP contribution in [-0.4, -0.2) is 36.4 Å². The van der Waals surface area contributed by atoms with E-state index in [9.17, 15) is 9.59 Å². The van der Waals surface area contributed by atoms with Crippen LogP contribution in [0.25, 0.3) is 0 Å². The Bertz CT molecular complexity index is 865. The van der Waals surface area contributed by atoms with Gasteiger partial charge in [-0.2, -0.15) is 0 Å². The lowest BCUT2D eigenvalue weighted by molar-refractivity contribution is -0.129. The summed E-state index contributed by atoms with van der Waals surface area (Å²) in [6.45, 7) is 4.22. The van der Waals surface area contributed by atoms with E-state index in [1.807, 2.05) is 36.4 Å². The van der Waals surface area contributed by atoms with Crippen LogP contribution >= 0.6 is 0 Å². The van der Waals surface area contributed by atoms with E-state index in [4.69, 9.17) is 14.2 Å². The Balaban J connectivity index is 1.44. The van der Waals surface area contributed by atoms with Crippen molar-refractivity contribution in [1.29, 1.82) is 0 Å². The van der Waals surface area contributed by atoms with Gasteiger partial charge in [-0.1, -0.05) is 50.2 Å². The highest BCUT2D eigenvalue weighted by Gasteiger charge is 2.61. The summed E-state index contributed by atoms with van der Waals surface area (Å²) >= 11 is 0. The summed E-state index contributed by atoms with van der Waals surface area (Å²) < 4.78 is 18.4. The van der Waals surface area contributed by atoms with Gasteiger partial charge in [0.2, 0.25) is 0 Å². The number of hydrogen-bond acceptors (Lipinski definition) is 5. The molecule has 3 aliphatic rings. The van der Waals surface area contributed by atoms with Crippen molar-refractivity contribution in [1.82, 2.24) is 0 Å². The van der Waals surface area contributed by atoms with Crippen molar-refractivity contribution in [3.8, 4) is 0 Å². The predicted molar refractivity (Wildman–Crippen MR) is 114 cm³/mol. The molecule has 8 atom stereocenters. The number of carbonyl (C=O) groups excluding carboxylic acids is 2. The maximum Gasteiger partial charge on any atom is 0.338 e. The third-order valence-electron chi connectivity index (χ3n) is 7.47. The van der Waals surface area contributed by atoms with Crippen molar-refractivity contribution in [3.63, 3.8) is 0 Å². The van der Waals surface area contributed by atoms with Crippen molar-refractivity contribution >= 4 is 11.9 Å². The first kappa shape index (κ1) is 20.3. The summed E-state index contributed by atoms with van der Waals surface area (Å²) in [6, 6.07) is 18.0. The molecule has 5 nitrogen and oxygen atoms in total.